The highest BCUT2D eigenvalue weighted by Gasteiger charge is 2.40. The molecule has 1 amide bonds. The summed E-state index contributed by atoms with van der Waals surface area (Å²) < 4.78 is 16.6. The average Bonchev–Trinajstić information content (AvgIpc) is 2.72. The van der Waals surface area contributed by atoms with E-state index in [2.05, 4.69) is 4.99 Å². The summed E-state index contributed by atoms with van der Waals surface area (Å²) in [5.41, 5.74) is 2.39. The first kappa shape index (κ1) is 20.4. The minimum atomic E-state index is -0.543. The van der Waals surface area contributed by atoms with Gasteiger partial charge >= 0.3 is 5.97 Å². The summed E-state index contributed by atoms with van der Waals surface area (Å²) in [4.78, 5) is 30.5. The number of carbonyl (C=O) groups is 2. The summed E-state index contributed by atoms with van der Waals surface area (Å²) in [5, 5.41) is 8.72. The summed E-state index contributed by atoms with van der Waals surface area (Å²) in [6.07, 6.45) is 0.820. The average molecular weight is 397 g/mol. The van der Waals surface area contributed by atoms with Gasteiger partial charge in [0.2, 0.25) is 6.41 Å². The monoisotopic (exact) mass is 397 g/mol. The van der Waals surface area contributed by atoms with Crippen LogP contribution in [0.4, 0.5) is 0 Å². The third-order valence-corrected chi connectivity index (χ3v) is 4.99. The highest BCUT2D eigenvalue weighted by Crippen LogP contribution is 2.41. The van der Waals surface area contributed by atoms with E-state index in [-0.39, 0.29) is 13.0 Å². The Morgan fingerprint density at radius 2 is 2.07 bits per heavy atom. The number of allylic oxidation sites excluding steroid dienone is 1. The van der Waals surface area contributed by atoms with E-state index in [4.69, 9.17) is 19.5 Å². The van der Waals surface area contributed by atoms with Crippen LogP contribution in [0.1, 0.15) is 31.7 Å². The molecule has 8 nitrogen and oxygen atoms in total. The number of benzene rings is 1. The van der Waals surface area contributed by atoms with Crippen LogP contribution in [0.2, 0.25) is 0 Å². The number of carbonyl (C=O) groups excluding carboxylic acids is 2. The van der Waals surface area contributed by atoms with E-state index in [1.54, 1.807) is 20.0 Å². The van der Waals surface area contributed by atoms with Gasteiger partial charge in [0.05, 0.1) is 24.1 Å². The molecule has 152 valence electrons. The van der Waals surface area contributed by atoms with E-state index < -0.39 is 17.9 Å². The normalized spacial score (nSPS) is 20.4. The molecule has 0 aromatic heterocycles. The van der Waals surface area contributed by atoms with Gasteiger partial charge in [0.25, 0.3) is 0 Å². The lowest BCUT2D eigenvalue weighted by atomic mass is 9.79. The van der Waals surface area contributed by atoms with E-state index in [1.165, 1.54) is 4.90 Å². The number of esters is 1. The van der Waals surface area contributed by atoms with Gasteiger partial charge in [-0.05, 0) is 31.5 Å². The minimum Gasteiger partial charge on any atom is -0.486 e. The third kappa shape index (κ3) is 4.09. The first-order chi connectivity index (χ1) is 14.0. The molecule has 0 bridgehead atoms. The number of hydrogen-bond donors (Lipinski definition) is 0. The Bertz CT molecular complexity index is 915. The van der Waals surface area contributed by atoms with Crippen LogP contribution in [-0.4, -0.2) is 55.9 Å². The summed E-state index contributed by atoms with van der Waals surface area (Å²) >= 11 is 0. The first-order valence-electron chi connectivity index (χ1n) is 9.34. The molecule has 0 saturated carbocycles. The highest BCUT2D eigenvalue weighted by molar-refractivity contribution is 5.99. The van der Waals surface area contributed by atoms with Gasteiger partial charge < -0.3 is 19.1 Å². The standard InChI is InChI=1S/C21H23N3O5/c1-13-18(21(26)29-8-4-7-22)19(20(14(2)23-13)24(3)12-25)15-5-6-16-17(11-15)28-10-9-27-16/h5-6,11-12,19-20H,4,8-10H2,1-3H3. The van der Waals surface area contributed by atoms with Crippen LogP contribution in [0.15, 0.2) is 34.5 Å². The maximum Gasteiger partial charge on any atom is 0.336 e. The predicted octanol–water partition coefficient (Wildman–Crippen LogP) is 2.20. The Labute approximate surface area is 169 Å². The molecule has 2 aliphatic heterocycles. The van der Waals surface area contributed by atoms with Gasteiger partial charge in [0, 0.05) is 24.4 Å². The van der Waals surface area contributed by atoms with Gasteiger partial charge in [-0.3, -0.25) is 9.79 Å². The molecular weight excluding hydrogens is 374 g/mol. The fourth-order valence-corrected chi connectivity index (χ4v) is 3.75. The van der Waals surface area contributed by atoms with Gasteiger partial charge in [-0.15, -0.1) is 0 Å². The molecule has 2 atom stereocenters. The molecule has 0 N–H and O–H groups in total. The highest BCUT2D eigenvalue weighted by atomic mass is 16.6. The molecule has 8 heteroatoms. The fraction of sp³-hybridized carbons (Fsp3) is 0.429. The fourth-order valence-electron chi connectivity index (χ4n) is 3.75. The summed E-state index contributed by atoms with van der Waals surface area (Å²) in [5.74, 6) is 0.197. The maximum atomic E-state index is 12.9. The molecule has 1 aromatic carbocycles. The second kappa shape index (κ2) is 8.78. The zero-order valence-corrected chi connectivity index (χ0v) is 16.7. The molecule has 29 heavy (non-hydrogen) atoms. The van der Waals surface area contributed by atoms with E-state index in [9.17, 15) is 9.59 Å². The van der Waals surface area contributed by atoms with Crippen molar-refractivity contribution in [3.05, 3.63) is 35.0 Å². The SMILES string of the molecule is CC1=NC(C)=C(C(=O)OCCC#N)C(c2ccc3c(c2)OCCO3)C1N(C)C=O. The predicted molar refractivity (Wildman–Crippen MR) is 105 cm³/mol. The van der Waals surface area contributed by atoms with Gasteiger partial charge in [-0.2, -0.15) is 5.26 Å². The smallest absolute Gasteiger partial charge is 0.336 e. The zero-order valence-electron chi connectivity index (χ0n) is 16.7. The van der Waals surface area contributed by atoms with E-state index >= 15 is 0 Å². The molecule has 0 fully saturated rings. The lowest BCUT2D eigenvalue weighted by molar-refractivity contribution is -0.139. The lowest BCUT2D eigenvalue weighted by Crippen LogP contribution is -2.45. The van der Waals surface area contributed by atoms with Crippen molar-refractivity contribution < 1.29 is 23.8 Å². The Kier molecular flexibility index (Phi) is 6.17. The second-order valence-corrected chi connectivity index (χ2v) is 6.89. The summed E-state index contributed by atoms with van der Waals surface area (Å²) in [7, 11) is 1.65. The van der Waals surface area contributed by atoms with E-state index in [0.717, 1.165) is 5.56 Å². The minimum absolute atomic E-state index is 0.00312. The molecular formula is C21H23N3O5. The quantitative estimate of drug-likeness (QED) is 0.414. The van der Waals surface area contributed by atoms with Gasteiger partial charge in [0.1, 0.15) is 19.8 Å². The van der Waals surface area contributed by atoms with Crippen molar-refractivity contribution in [2.75, 3.05) is 26.9 Å². The molecule has 0 aliphatic carbocycles. The van der Waals surface area contributed by atoms with Crippen LogP contribution in [0.5, 0.6) is 11.5 Å². The number of hydrogen-bond acceptors (Lipinski definition) is 7. The number of rotatable bonds is 6. The molecule has 3 rings (SSSR count). The molecule has 0 radical (unpaired) electrons. The number of fused-ring (bicyclic) bond motifs is 1. The van der Waals surface area contributed by atoms with Crippen LogP contribution in [0.3, 0.4) is 0 Å². The van der Waals surface area contributed by atoms with Crippen molar-refractivity contribution >= 4 is 18.1 Å². The number of aliphatic imine (C=N–C) groups is 1. The first-order valence-corrected chi connectivity index (χ1v) is 9.34. The summed E-state index contributed by atoms with van der Waals surface area (Å²) in [6, 6.07) is 6.99. The van der Waals surface area contributed by atoms with E-state index in [0.29, 0.717) is 48.1 Å². The number of amides is 1. The number of nitriles is 1. The van der Waals surface area contributed by atoms with Crippen LogP contribution < -0.4 is 9.47 Å². The van der Waals surface area contributed by atoms with Crippen LogP contribution in [-0.2, 0) is 14.3 Å². The number of likely N-dealkylation sites (N-methyl/N-ethyl adjacent to an activating group) is 1. The molecule has 2 heterocycles. The van der Waals surface area contributed by atoms with Gasteiger partial charge in [-0.1, -0.05) is 6.07 Å². The Morgan fingerprint density at radius 1 is 1.34 bits per heavy atom. The van der Waals surface area contributed by atoms with Gasteiger partial charge in [-0.25, -0.2) is 4.79 Å². The molecule has 0 spiro atoms. The summed E-state index contributed by atoms with van der Waals surface area (Å²) in [6.45, 7) is 4.49. The largest absolute Gasteiger partial charge is 0.486 e. The number of ether oxygens (including phenoxy) is 3. The van der Waals surface area contributed by atoms with Gasteiger partial charge in [0.15, 0.2) is 11.5 Å². The Hall–Kier alpha value is -3.34. The third-order valence-electron chi connectivity index (χ3n) is 4.99. The van der Waals surface area contributed by atoms with Crippen LogP contribution >= 0.6 is 0 Å². The van der Waals surface area contributed by atoms with Crippen molar-refractivity contribution in [2.45, 2.75) is 32.2 Å². The molecule has 0 saturated heterocycles. The zero-order chi connectivity index (χ0) is 21.0. The van der Waals surface area contributed by atoms with Crippen molar-refractivity contribution in [1.29, 1.82) is 5.26 Å². The topological polar surface area (TPSA) is 101 Å². The van der Waals surface area contributed by atoms with Crippen molar-refractivity contribution in [3.8, 4) is 17.6 Å². The Morgan fingerprint density at radius 3 is 2.76 bits per heavy atom. The van der Waals surface area contributed by atoms with Crippen molar-refractivity contribution in [1.82, 2.24) is 4.90 Å². The maximum absolute atomic E-state index is 12.9. The van der Waals surface area contributed by atoms with Crippen molar-refractivity contribution in [3.63, 3.8) is 0 Å². The van der Waals surface area contributed by atoms with Crippen LogP contribution in [0.25, 0.3) is 0 Å². The number of nitrogens with zero attached hydrogens (tertiary/aromatic N) is 3. The van der Waals surface area contributed by atoms with Crippen molar-refractivity contribution in [2.24, 2.45) is 4.99 Å². The molecule has 2 unspecified atom stereocenters. The van der Waals surface area contributed by atoms with Crippen LogP contribution in [0, 0.1) is 11.3 Å². The molecule has 1 aromatic rings. The lowest BCUT2D eigenvalue weighted by Gasteiger charge is -2.37. The van der Waals surface area contributed by atoms with E-state index in [1.807, 2.05) is 25.1 Å². The molecule has 2 aliphatic rings. The Balaban J connectivity index is 2.08. The second-order valence-electron chi connectivity index (χ2n) is 6.89.